The van der Waals surface area contributed by atoms with Crippen molar-refractivity contribution in [1.29, 1.82) is 0 Å². The first kappa shape index (κ1) is 21.5. The molecule has 3 aromatic rings. The lowest BCUT2D eigenvalue weighted by Gasteiger charge is -2.25. The highest BCUT2D eigenvalue weighted by Crippen LogP contribution is 2.33. The molecule has 2 aromatic heterocycles. The molecular formula is C18H15ClF3N5O3S. The predicted molar refractivity (Wildman–Crippen MR) is 110 cm³/mol. The molecular weight excluding hydrogens is 459 g/mol. The number of ether oxygens (including phenoxy) is 1. The lowest BCUT2D eigenvalue weighted by atomic mass is 10.2. The Morgan fingerprint density at radius 3 is 2.74 bits per heavy atom. The molecule has 0 spiro atoms. The largest absolute Gasteiger partial charge is 0.416 e. The fourth-order valence-corrected chi connectivity index (χ4v) is 4.16. The van der Waals surface area contributed by atoms with Gasteiger partial charge in [0.1, 0.15) is 17.6 Å². The second-order valence-electron chi connectivity index (χ2n) is 6.67. The Bertz CT molecular complexity index is 1190. The van der Waals surface area contributed by atoms with Crippen molar-refractivity contribution in [3.8, 4) is 0 Å². The first-order chi connectivity index (χ1) is 14.7. The van der Waals surface area contributed by atoms with Crippen LogP contribution in [0.3, 0.4) is 0 Å². The van der Waals surface area contributed by atoms with Crippen molar-refractivity contribution in [3.05, 3.63) is 45.5 Å². The number of carbonyl (C=O) groups excluding carboxylic acids is 1. The molecule has 1 aliphatic rings. The van der Waals surface area contributed by atoms with Crippen molar-refractivity contribution in [2.24, 2.45) is 0 Å². The van der Waals surface area contributed by atoms with Crippen LogP contribution in [0.2, 0.25) is 5.02 Å². The van der Waals surface area contributed by atoms with Gasteiger partial charge in [0.2, 0.25) is 5.91 Å². The van der Waals surface area contributed by atoms with Crippen molar-refractivity contribution in [3.63, 3.8) is 0 Å². The van der Waals surface area contributed by atoms with E-state index in [2.05, 4.69) is 15.3 Å². The molecule has 0 radical (unpaired) electrons. The molecule has 0 atom stereocenters. The summed E-state index contributed by atoms with van der Waals surface area (Å²) in [6, 6.07) is 2.60. The minimum Gasteiger partial charge on any atom is -0.378 e. The zero-order valence-corrected chi connectivity index (χ0v) is 17.4. The van der Waals surface area contributed by atoms with Crippen LogP contribution in [0.15, 0.2) is 29.3 Å². The van der Waals surface area contributed by atoms with Gasteiger partial charge in [0.05, 0.1) is 29.5 Å². The number of carbonyl (C=O) groups is 1. The zero-order valence-electron chi connectivity index (χ0n) is 15.8. The number of fused-ring (bicyclic) bond motifs is 1. The van der Waals surface area contributed by atoms with Crippen molar-refractivity contribution in [2.45, 2.75) is 12.7 Å². The molecule has 1 saturated heterocycles. The number of thiazole rings is 1. The highest BCUT2D eigenvalue weighted by atomic mass is 35.5. The monoisotopic (exact) mass is 473 g/mol. The smallest absolute Gasteiger partial charge is 0.378 e. The van der Waals surface area contributed by atoms with Gasteiger partial charge in [0, 0.05) is 13.1 Å². The molecule has 0 bridgehead atoms. The molecule has 0 unspecified atom stereocenters. The third kappa shape index (κ3) is 4.65. The number of hydrogen-bond donors (Lipinski definition) is 1. The fraction of sp³-hybridized carbons (Fsp3) is 0.333. The van der Waals surface area contributed by atoms with Gasteiger partial charge in [-0.05, 0) is 18.2 Å². The summed E-state index contributed by atoms with van der Waals surface area (Å²) in [5, 5.41) is 2.89. The van der Waals surface area contributed by atoms with E-state index in [1.807, 2.05) is 4.90 Å². The van der Waals surface area contributed by atoms with Gasteiger partial charge < -0.3 is 15.0 Å². The number of hydrogen-bond acceptors (Lipinski definition) is 7. The number of aromatic nitrogens is 3. The van der Waals surface area contributed by atoms with E-state index in [0.29, 0.717) is 31.4 Å². The third-order valence-corrected chi connectivity index (χ3v) is 5.96. The van der Waals surface area contributed by atoms with Gasteiger partial charge >= 0.3 is 6.18 Å². The number of rotatable bonds is 4. The maximum absolute atomic E-state index is 12.9. The van der Waals surface area contributed by atoms with Crippen molar-refractivity contribution < 1.29 is 22.7 Å². The number of nitrogens with zero attached hydrogens (tertiary/aromatic N) is 4. The van der Waals surface area contributed by atoms with Crippen LogP contribution < -0.4 is 15.8 Å². The number of alkyl halides is 3. The van der Waals surface area contributed by atoms with Gasteiger partial charge in [0.15, 0.2) is 10.8 Å². The molecule has 1 aromatic carbocycles. The first-order valence-electron chi connectivity index (χ1n) is 9.07. The highest BCUT2D eigenvalue weighted by molar-refractivity contribution is 7.22. The van der Waals surface area contributed by atoms with Gasteiger partial charge in [-0.1, -0.05) is 22.9 Å². The molecule has 4 rings (SSSR count). The predicted octanol–water partition coefficient (Wildman–Crippen LogP) is 3.00. The molecule has 0 aliphatic carbocycles. The summed E-state index contributed by atoms with van der Waals surface area (Å²) >= 11 is 7.06. The topological polar surface area (TPSA) is 89.3 Å². The second kappa shape index (κ2) is 8.44. The van der Waals surface area contributed by atoms with Crippen LogP contribution in [0.25, 0.3) is 10.3 Å². The van der Waals surface area contributed by atoms with Crippen molar-refractivity contribution in [1.82, 2.24) is 14.5 Å². The molecule has 31 heavy (non-hydrogen) atoms. The fourth-order valence-electron chi connectivity index (χ4n) is 2.98. The quantitative estimate of drug-likeness (QED) is 0.626. The van der Waals surface area contributed by atoms with E-state index in [0.717, 1.165) is 22.8 Å². The van der Waals surface area contributed by atoms with Gasteiger partial charge in [-0.3, -0.25) is 14.2 Å². The van der Waals surface area contributed by atoms with Crippen LogP contribution >= 0.6 is 22.9 Å². The highest BCUT2D eigenvalue weighted by Gasteiger charge is 2.31. The number of halogens is 4. The minimum atomic E-state index is -4.58. The molecule has 1 aliphatic heterocycles. The summed E-state index contributed by atoms with van der Waals surface area (Å²) in [4.78, 5) is 35.6. The molecule has 1 fully saturated rings. The van der Waals surface area contributed by atoms with Crippen LogP contribution in [0, 0.1) is 0 Å². The lowest BCUT2D eigenvalue weighted by molar-refractivity contribution is -0.137. The summed E-state index contributed by atoms with van der Waals surface area (Å²) in [5.41, 5.74) is -1.34. The Morgan fingerprint density at radius 1 is 1.29 bits per heavy atom. The lowest BCUT2D eigenvalue weighted by Crippen LogP contribution is -2.36. The third-order valence-electron chi connectivity index (χ3n) is 4.54. The SMILES string of the molecule is O=C(Cn1cnc2nc(N3CCOCC3)sc2c1=O)Nc1cc(C(F)(F)F)ccc1Cl. The Morgan fingerprint density at radius 2 is 2.03 bits per heavy atom. The van der Waals surface area contributed by atoms with Crippen molar-refractivity contribution >= 4 is 50.0 Å². The molecule has 3 heterocycles. The van der Waals surface area contributed by atoms with Crippen LogP contribution in [0.4, 0.5) is 24.0 Å². The summed E-state index contributed by atoms with van der Waals surface area (Å²) in [5.74, 6) is -0.720. The Hall–Kier alpha value is -2.70. The maximum Gasteiger partial charge on any atom is 0.416 e. The van der Waals surface area contributed by atoms with Crippen LogP contribution in [-0.2, 0) is 22.3 Å². The Kier molecular flexibility index (Phi) is 5.86. The number of nitrogens with one attached hydrogen (secondary N) is 1. The van der Waals surface area contributed by atoms with E-state index in [1.165, 1.54) is 17.7 Å². The standard InChI is InChI=1S/C18H15ClF3N5O3S/c19-11-2-1-10(18(20,21)22)7-12(11)24-13(28)8-27-9-23-15-14(16(27)29)31-17(25-15)26-3-5-30-6-4-26/h1-2,7,9H,3-6,8H2,(H,24,28). The molecule has 1 N–H and O–H groups in total. The molecule has 1 amide bonds. The van der Waals surface area contributed by atoms with E-state index in [1.54, 1.807) is 0 Å². The van der Waals surface area contributed by atoms with E-state index >= 15 is 0 Å². The molecule has 8 nitrogen and oxygen atoms in total. The van der Waals surface area contributed by atoms with Gasteiger partial charge in [0.25, 0.3) is 5.56 Å². The minimum absolute atomic E-state index is 0.0557. The molecule has 13 heteroatoms. The Labute approximate surface area is 182 Å². The van der Waals surface area contributed by atoms with Crippen LogP contribution in [0.1, 0.15) is 5.56 Å². The second-order valence-corrected chi connectivity index (χ2v) is 8.05. The molecule has 0 saturated carbocycles. The number of morpholine rings is 1. The van der Waals surface area contributed by atoms with E-state index < -0.39 is 29.8 Å². The number of anilines is 2. The summed E-state index contributed by atoms with van der Waals surface area (Å²) in [6.07, 6.45) is -3.40. The van der Waals surface area contributed by atoms with Crippen molar-refractivity contribution in [2.75, 3.05) is 36.5 Å². The number of amides is 1. The maximum atomic E-state index is 12.9. The van der Waals surface area contributed by atoms with Crippen LogP contribution in [0.5, 0.6) is 0 Å². The average molecular weight is 474 g/mol. The van der Waals surface area contributed by atoms with Crippen LogP contribution in [-0.4, -0.2) is 46.7 Å². The summed E-state index contributed by atoms with van der Waals surface area (Å²) in [6.45, 7) is 1.97. The molecule has 164 valence electrons. The first-order valence-corrected chi connectivity index (χ1v) is 10.3. The Balaban J connectivity index is 1.54. The summed E-state index contributed by atoms with van der Waals surface area (Å²) < 4.78 is 45.3. The zero-order chi connectivity index (χ0) is 22.2. The van der Waals surface area contributed by atoms with E-state index in [-0.39, 0.29) is 21.1 Å². The summed E-state index contributed by atoms with van der Waals surface area (Å²) in [7, 11) is 0. The van der Waals surface area contributed by atoms with Gasteiger partial charge in [-0.2, -0.15) is 18.2 Å². The normalized spacial score (nSPS) is 14.8. The van der Waals surface area contributed by atoms with E-state index in [9.17, 15) is 22.8 Å². The van der Waals surface area contributed by atoms with Gasteiger partial charge in [-0.25, -0.2) is 4.98 Å². The number of benzene rings is 1. The van der Waals surface area contributed by atoms with E-state index in [4.69, 9.17) is 16.3 Å². The van der Waals surface area contributed by atoms with Gasteiger partial charge in [-0.15, -0.1) is 0 Å². The average Bonchev–Trinajstić information content (AvgIpc) is 3.17.